The van der Waals surface area contributed by atoms with Gasteiger partial charge in [0.25, 0.3) is 0 Å². The summed E-state index contributed by atoms with van der Waals surface area (Å²) in [5.41, 5.74) is 0. The van der Waals surface area contributed by atoms with Gasteiger partial charge in [-0.1, -0.05) is 206 Å². The molecular formula is C36H72O2. The van der Waals surface area contributed by atoms with Crippen molar-refractivity contribution in [2.45, 2.75) is 219 Å². The minimum absolute atomic E-state index is 0.346. The zero-order valence-electron chi connectivity index (χ0n) is 26.6. The van der Waals surface area contributed by atoms with Gasteiger partial charge in [0.15, 0.2) is 0 Å². The molecule has 0 rings (SSSR count). The van der Waals surface area contributed by atoms with E-state index in [2.05, 4.69) is 13.8 Å². The third kappa shape index (κ3) is 31.7. The van der Waals surface area contributed by atoms with Crippen molar-refractivity contribution in [3.63, 3.8) is 0 Å². The summed E-state index contributed by atoms with van der Waals surface area (Å²) in [4.78, 5) is 10.5. The molecule has 38 heavy (non-hydrogen) atoms. The molecular weight excluding hydrogens is 464 g/mol. The van der Waals surface area contributed by atoms with E-state index in [0.29, 0.717) is 6.42 Å². The number of carboxylic acids is 1. The highest BCUT2D eigenvalue weighted by atomic mass is 16.4. The van der Waals surface area contributed by atoms with Crippen LogP contribution in [0.25, 0.3) is 0 Å². The average Bonchev–Trinajstić information content (AvgIpc) is 2.91. The molecule has 0 aromatic rings. The molecule has 0 aliphatic carbocycles. The van der Waals surface area contributed by atoms with Gasteiger partial charge in [-0.2, -0.15) is 0 Å². The van der Waals surface area contributed by atoms with E-state index < -0.39 is 5.97 Å². The summed E-state index contributed by atoms with van der Waals surface area (Å²) in [7, 11) is 0. The second kappa shape index (κ2) is 32.7. The first-order valence-corrected chi connectivity index (χ1v) is 17.9. The van der Waals surface area contributed by atoms with Crippen LogP contribution in [0.5, 0.6) is 0 Å². The first kappa shape index (κ1) is 37.5. The molecule has 0 saturated heterocycles. The molecule has 1 unspecified atom stereocenters. The largest absolute Gasteiger partial charge is 0.481 e. The Balaban J connectivity index is 3.68. The monoisotopic (exact) mass is 537 g/mol. The van der Waals surface area contributed by atoms with E-state index in [1.165, 1.54) is 186 Å². The first-order valence-electron chi connectivity index (χ1n) is 17.9. The van der Waals surface area contributed by atoms with E-state index >= 15 is 0 Å². The Morgan fingerprint density at radius 2 is 0.632 bits per heavy atom. The summed E-state index contributed by atoms with van der Waals surface area (Å²) in [5, 5.41) is 8.66. The Hall–Kier alpha value is -0.530. The highest BCUT2D eigenvalue weighted by Crippen LogP contribution is 2.25. The van der Waals surface area contributed by atoms with Gasteiger partial charge in [-0.25, -0.2) is 0 Å². The van der Waals surface area contributed by atoms with Gasteiger partial charge in [-0.3, -0.25) is 4.79 Å². The van der Waals surface area contributed by atoms with Crippen molar-refractivity contribution in [3.8, 4) is 0 Å². The SMILES string of the molecule is CCCCCCCCCCC(CCCCCCCC)CCCCCCCCCCCCCCCCC(=O)O. The van der Waals surface area contributed by atoms with E-state index in [9.17, 15) is 4.79 Å². The van der Waals surface area contributed by atoms with Crippen molar-refractivity contribution in [2.75, 3.05) is 0 Å². The van der Waals surface area contributed by atoms with Crippen LogP contribution >= 0.6 is 0 Å². The second-order valence-corrected chi connectivity index (χ2v) is 12.6. The van der Waals surface area contributed by atoms with Gasteiger partial charge in [0.1, 0.15) is 0 Å². The maximum Gasteiger partial charge on any atom is 0.303 e. The summed E-state index contributed by atoms with van der Waals surface area (Å²) in [5.74, 6) is 0.366. The average molecular weight is 537 g/mol. The lowest BCUT2D eigenvalue weighted by atomic mass is 9.89. The van der Waals surface area contributed by atoms with E-state index in [4.69, 9.17) is 5.11 Å². The highest BCUT2D eigenvalue weighted by molar-refractivity contribution is 5.66. The minimum atomic E-state index is -0.647. The topological polar surface area (TPSA) is 37.3 Å². The molecule has 0 fully saturated rings. The van der Waals surface area contributed by atoms with Gasteiger partial charge in [-0.15, -0.1) is 0 Å². The third-order valence-corrected chi connectivity index (χ3v) is 8.68. The van der Waals surface area contributed by atoms with Crippen molar-refractivity contribution in [1.29, 1.82) is 0 Å². The van der Waals surface area contributed by atoms with Crippen LogP contribution < -0.4 is 0 Å². The van der Waals surface area contributed by atoms with E-state index in [1.54, 1.807) is 0 Å². The third-order valence-electron chi connectivity index (χ3n) is 8.68. The number of aliphatic carboxylic acids is 1. The molecule has 2 heteroatoms. The van der Waals surface area contributed by atoms with Gasteiger partial charge < -0.3 is 5.11 Å². The zero-order chi connectivity index (χ0) is 27.8. The number of carboxylic acid groups (broad SMARTS) is 1. The van der Waals surface area contributed by atoms with E-state index in [-0.39, 0.29) is 0 Å². The smallest absolute Gasteiger partial charge is 0.303 e. The fourth-order valence-corrected chi connectivity index (χ4v) is 6.04. The van der Waals surface area contributed by atoms with Gasteiger partial charge in [0.2, 0.25) is 0 Å². The van der Waals surface area contributed by atoms with Crippen molar-refractivity contribution >= 4 is 5.97 Å². The van der Waals surface area contributed by atoms with Crippen molar-refractivity contribution in [1.82, 2.24) is 0 Å². The first-order chi connectivity index (χ1) is 18.7. The highest BCUT2D eigenvalue weighted by Gasteiger charge is 2.09. The van der Waals surface area contributed by atoms with Crippen molar-refractivity contribution in [2.24, 2.45) is 5.92 Å². The number of carbonyl (C=O) groups is 1. The second-order valence-electron chi connectivity index (χ2n) is 12.6. The fraction of sp³-hybridized carbons (Fsp3) is 0.972. The normalized spacial score (nSPS) is 12.3. The van der Waals surface area contributed by atoms with Gasteiger partial charge in [-0.05, 0) is 12.3 Å². The van der Waals surface area contributed by atoms with Crippen LogP contribution in [0.3, 0.4) is 0 Å². The van der Waals surface area contributed by atoms with Gasteiger partial charge >= 0.3 is 5.97 Å². The van der Waals surface area contributed by atoms with Gasteiger partial charge in [0.05, 0.1) is 0 Å². The van der Waals surface area contributed by atoms with Crippen LogP contribution in [0.1, 0.15) is 219 Å². The molecule has 1 atom stereocenters. The van der Waals surface area contributed by atoms with E-state index in [1.807, 2.05) is 0 Å². The molecule has 0 aromatic carbocycles. The fourth-order valence-electron chi connectivity index (χ4n) is 6.04. The van der Waals surface area contributed by atoms with Gasteiger partial charge in [0, 0.05) is 6.42 Å². The molecule has 0 aliphatic heterocycles. The summed E-state index contributed by atoms with van der Waals surface area (Å²) >= 11 is 0. The molecule has 0 spiro atoms. The van der Waals surface area contributed by atoms with Crippen LogP contribution in [-0.4, -0.2) is 11.1 Å². The molecule has 0 saturated carbocycles. The lowest BCUT2D eigenvalue weighted by Crippen LogP contribution is -2.01. The number of rotatable bonds is 33. The predicted octanol–water partition coefficient (Wildman–Crippen LogP) is 13.2. The molecule has 0 aliphatic rings. The maximum absolute atomic E-state index is 10.5. The standard InChI is InChI=1S/C36H72O2/c1-3-5-7-9-11-20-24-28-32-35(31-27-23-10-8-6-4-2)33-29-25-21-18-16-14-12-13-15-17-19-22-26-30-34-36(37)38/h35H,3-34H2,1-2H3,(H,37,38). The Morgan fingerprint density at radius 3 is 0.895 bits per heavy atom. The van der Waals surface area contributed by atoms with Crippen LogP contribution in [-0.2, 0) is 4.79 Å². The van der Waals surface area contributed by atoms with E-state index in [0.717, 1.165) is 18.8 Å². The minimum Gasteiger partial charge on any atom is -0.481 e. The van der Waals surface area contributed by atoms with Crippen LogP contribution in [0.2, 0.25) is 0 Å². The maximum atomic E-state index is 10.5. The molecule has 0 aromatic heterocycles. The Morgan fingerprint density at radius 1 is 0.395 bits per heavy atom. The Labute approximate surface area is 240 Å². The van der Waals surface area contributed by atoms with Crippen LogP contribution in [0.15, 0.2) is 0 Å². The quantitative estimate of drug-likeness (QED) is 0.0847. The van der Waals surface area contributed by atoms with Crippen LogP contribution in [0, 0.1) is 5.92 Å². The lowest BCUT2D eigenvalue weighted by Gasteiger charge is -2.17. The molecule has 0 amide bonds. The summed E-state index contributed by atoms with van der Waals surface area (Å²) in [6.45, 7) is 4.63. The lowest BCUT2D eigenvalue weighted by molar-refractivity contribution is -0.137. The number of unbranched alkanes of at least 4 members (excludes halogenated alkanes) is 25. The Bertz CT molecular complexity index is 447. The molecule has 228 valence electrons. The molecule has 0 bridgehead atoms. The Kier molecular flexibility index (Phi) is 32.2. The molecule has 1 N–H and O–H groups in total. The number of hydrogen-bond donors (Lipinski definition) is 1. The number of hydrogen-bond acceptors (Lipinski definition) is 1. The van der Waals surface area contributed by atoms with Crippen molar-refractivity contribution in [3.05, 3.63) is 0 Å². The molecule has 0 radical (unpaired) electrons. The molecule has 0 heterocycles. The molecule has 2 nitrogen and oxygen atoms in total. The summed E-state index contributed by atoms with van der Waals surface area (Å²) < 4.78 is 0. The van der Waals surface area contributed by atoms with Crippen molar-refractivity contribution < 1.29 is 9.90 Å². The zero-order valence-corrected chi connectivity index (χ0v) is 26.6. The van der Waals surface area contributed by atoms with Crippen LogP contribution in [0.4, 0.5) is 0 Å². The summed E-state index contributed by atoms with van der Waals surface area (Å²) in [6.07, 6.45) is 43.8. The predicted molar refractivity (Wildman–Crippen MR) is 170 cm³/mol. The summed E-state index contributed by atoms with van der Waals surface area (Å²) in [6, 6.07) is 0.